The van der Waals surface area contributed by atoms with Crippen molar-refractivity contribution in [3.05, 3.63) is 0 Å². The first-order chi connectivity index (χ1) is 4.36. The van der Waals surface area contributed by atoms with Crippen LogP contribution in [-0.2, 0) is 9.53 Å². The molecule has 0 amide bonds. The Bertz CT molecular complexity index is 105. The van der Waals surface area contributed by atoms with Gasteiger partial charge in [-0.1, -0.05) is 0 Å². The summed E-state index contributed by atoms with van der Waals surface area (Å²) >= 11 is 0. The number of hydrogen-bond acceptors (Lipinski definition) is 2. The third-order valence-electron chi connectivity index (χ3n) is 1.48. The minimum Gasteiger partial charge on any atom is -0.370 e. The summed E-state index contributed by atoms with van der Waals surface area (Å²) in [6.07, 6.45) is 0.945. The van der Waals surface area contributed by atoms with Gasteiger partial charge in [0, 0.05) is 5.92 Å². The van der Waals surface area contributed by atoms with E-state index >= 15 is 0 Å². The Balaban J connectivity index is 2.28. The molecule has 52 valence electrons. The smallest absolute Gasteiger partial charge is 0.148 e. The standard InChI is InChI=1S/C6H9FO2/c7-2-5-1-6(3-8)9-4-5/h3,5-6H,1-2,4H2. The van der Waals surface area contributed by atoms with Crippen molar-refractivity contribution in [3.63, 3.8) is 0 Å². The average Bonchev–Trinajstić information content (AvgIpc) is 2.34. The van der Waals surface area contributed by atoms with Gasteiger partial charge in [-0.25, -0.2) is 0 Å². The van der Waals surface area contributed by atoms with E-state index < -0.39 is 0 Å². The molecule has 1 heterocycles. The van der Waals surface area contributed by atoms with Gasteiger partial charge in [-0.2, -0.15) is 0 Å². The molecule has 0 aromatic heterocycles. The lowest BCUT2D eigenvalue weighted by Gasteiger charge is -1.95. The number of rotatable bonds is 2. The molecule has 1 fully saturated rings. The van der Waals surface area contributed by atoms with E-state index in [1.165, 1.54) is 0 Å². The first kappa shape index (κ1) is 6.68. The van der Waals surface area contributed by atoms with Crippen molar-refractivity contribution >= 4 is 6.29 Å². The van der Waals surface area contributed by atoms with Gasteiger partial charge in [0.1, 0.15) is 12.4 Å². The Morgan fingerprint density at radius 2 is 2.56 bits per heavy atom. The van der Waals surface area contributed by atoms with Crippen molar-refractivity contribution in [2.45, 2.75) is 12.5 Å². The summed E-state index contributed by atoms with van der Waals surface area (Å²) in [4.78, 5) is 10.0. The normalized spacial score (nSPS) is 34.8. The third kappa shape index (κ3) is 1.48. The number of carbonyl (C=O) groups excluding carboxylic acids is 1. The van der Waals surface area contributed by atoms with Gasteiger partial charge in [0.2, 0.25) is 0 Å². The zero-order chi connectivity index (χ0) is 6.69. The van der Waals surface area contributed by atoms with Crippen molar-refractivity contribution in [2.24, 2.45) is 5.92 Å². The second-order valence-electron chi connectivity index (χ2n) is 2.26. The maximum Gasteiger partial charge on any atom is 0.148 e. The van der Waals surface area contributed by atoms with Crippen LogP contribution in [0.25, 0.3) is 0 Å². The molecule has 0 N–H and O–H groups in total. The van der Waals surface area contributed by atoms with Gasteiger partial charge in [-0.05, 0) is 6.42 Å². The van der Waals surface area contributed by atoms with Gasteiger partial charge in [0.15, 0.2) is 0 Å². The monoisotopic (exact) mass is 132 g/mol. The first-order valence-electron chi connectivity index (χ1n) is 2.99. The fourth-order valence-electron chi connectivity index (χ4n) is 0.927. The third-order valence-corrected chi connectivity index (χ3v) is 1.48. The highest BCUT2D eigenvalue weighted by atomic mass is 19.1. The zero-order valence-corrected chi connectivity index (χ0v) is 5.05. The van der Waals surface area contributed by atoms with Crippen LogP contribution in [-0.4, -0.2) is 25.7 Å². The highest BCUT2D eigenvalue weighted by Gasteiger charge is 2.24. The van der Waals surface area contributed by atoms with E-state index in [1.807, 2.05) is 0 Å². The highest BCUT2D eigenvalue weighted by Crippen LogP contribution is 2.17. The number of halogens is 1. The Morgan fingerprint density at radius 1 is 1.78 bits per heavy atom. The minimum atomic E-state index is -0.371. The fourth-order valence-corrected chi connectivity index (χ4v) is 0.927. The summed E-state index contributed by atoms with van der Waals surface area (Å²) < 4.78 is 16.7. The lowest BCUT2D eigenvalue weighted by Crippen LogP contribution is -2.05. The molecule has 2 unspecified atom stereocenters. The van der Waals surface area contributed by atoms with Gasteiger partial charge in [-0.15, -0.1) is 0 Å². The first-order valence-corrected chi connectivity index (χ1v) is 2.99. The summed E-state index contributed by atoms with van der Waals surface area (Å²) in [5, 5.41) is 0. The van der Waals surface area contributed by atoms with E-state index in [2.05, 4.69) is 0 Å². The summed E-state index contributed by atoms with van der Waals surface area (Å²) in [5.74, 6) is -0.0415. The molecular formula is C6H9FO2. The lowest BCUT2D eigenvalue weighted by molar-refractivity contribution is -0.115. The zero-order valence-electron chi connectivity index (χ0n) is 5.05. The molecule has 9 heavy (non-hydrogen) atoms. The van der Waals surface area contributed by atoms with E-state index in [0.29, 0.717) is 13.0 Å². The maximum absolute atomic E-state index is 11.8. The Labute approximate surface area is 53.0 Å². The van der Waals surface area contributed by atoms with Crippen LogP contribution in [0.3, 0.4) is 0 Å². The number of aldehydes is 1. The molecule has 0 radical (unpaired) electrons. The van der Waals surface area contributed by atoms with Crippen LogP contribution in [0.5, 0.6) is 0 Å². The summed E-state index contributed by atoms with van der Waals surface area (Å²) in [5.41, 5.74) is 0. The van der Waals surface area contributed by atoms with E-state index in [4.69, 9.17) is 4.74 Å². The van der Waals surface area contributed by atoms with Gasteiger partial charge in [0.25, 0.3) is 0 Å². The van der Waals surface area contributed by atoms with Gasteiger partial charge in [-0.3, -0.25) is 4.39 Å². The molecule has 1 saturated heterocycles. The second kappa shape index (κ2) is 2.92. The topological polar surface area (TPSA) is 26.3 Å². The minimum absolute atomic E-state index is 0.0415. The lowest BCUT2D eigenvalue weighted by atomic mass is 10.1. The van der Waals surface area contributed by atoms with Crippen LogP contribution in [0.15, 0.2) is 0 Å². The van der Waals surface area contributed by atoms with Crippen molar-refractivity contribution in [2.75, 3.05) is 13.3 Å². The predicted molar refractivity (Wildman–Crippen MR) is 29.9 cm³/mol. The maximum atomic E-state index is 11.8. The van der Waals surface area contributed by atoms with Crippen LogP contribution >= 0.6 is 0 Å². The van der Waals surface area contributed by atoms with Gasteiger partial charge in [0.05, 0.1) is 13.3 Å². The van der Waals surface area contributed by atoms with Crippen molar-refractivity contribution in [1.29, 1.82) is 0 Å². The molecule has 0 bridgehead atoms. The van der Waals surface area contributed by atoms with Crippen LogP contribution in [0, 0.1) is 5.92 Å². The largest absolute Gasteiger partial charge is 0.370 e. The number of ether oxygens (including phenoxy) is 1. The van der Waals surface area contributed by atoms with Crippen LogP contribution in [0.1, 0.15) is 6.42 Å². The van der Waals surface area contributed by atoms with Gasteiger partial charge >= 0.3 is 0 Å². The van der Waals surface area contributed by atoms with E-state index in [-0.39, 0.29) is 18.7 Å². The molecule has 2 atom stereocenters. The Morgan fingerprint density at radius 3 is 2.89 bits per heavy atom. The van der Waals surface area contributed by atoms with Crippen LogP contribution in [0.4, 0.5) is 4.39 Å². The Kier molecular flexibility index (Phi) is 2.16. The molecule has 1 rings (SSSR count). The van der Waals surface area contributed by atoms with E-state index in [9.17, 15) is 9.18 Å². The van der Waals surface area contributed by atoms with E-state index in [1.54, 1.807) is 0 Å². The molecule has 2 nitrogen and oxygen atoms in total. The number of carbonyl (C=O) groups is 1. The molecule has 0 aromatic rings. The highest BCUT2D eigenvalue weighted by molar-refractivity contribution is 5.56. The molecule has 1 aliphatic heterocycles. The van der Waals surface area contributed by atoms with Crippen molar-refractivity contribution in [3.8, 4) is 0 Å². The van der Waals surface area contributed by atoms with Gasteiger partial charge < -0.3 is 9.53 Å². The van der Waals surface area contributed by atoms with Crippen LogP contribution in [0.2, 0.25) is 0 Å². The quantitative estimate of drug-likeness (QED) is 0.513. The predicted octanol–water partition coefficient (Wildman–Crippen LogP) is 0.560. The SMILES string of the molecule is O=CC1CC(CF)CO1. The Hall–Kier alpha value is -0.440. The van der Waals surface area contributed by atoms with E-state index in [0.717, 1.165) is 6.29 Å². The molecular weight excluding hydrogens is 123 g/mol. The van der Waals surface area contributed by atoms with Crippen LogP contribution < -0.4 is 0 Å². The summed E-state index contributed by atoms with van der Waals surface area (Å²) in [7, 11) is 0. The molecule has 0 aromatic carbocycles. The van der Waals surface area contributed by atoms with Crippen molar-refractivity contribution < 1.29 is 13.9 Å². The second-order valence-corrected chi connectivity index (χ2v) is 2.26. The molecule has 1 aliphatic rings. The summed E-state index contributed by atoms with van der Waals surface area (Å²) in [6, 6.07) is 0. The fraction of sp³-hybridized carbons (Fsp3) is 0.833. The molecule has 0 aliphatic carbocycles. The molecule has 3 heteroatoms. The number of alkyl halides is 1. The summed E-state index contributed by atoms with van der Waals surface area (Å²) in [6.45, 7) is 0.0320. The number of hydrogen-bond donors (Lipinski definition) is 0. The molecule has 0 saturated carbocycles. The van der Waals surface area contributed by atoms with Crippen molar-refractivity contribution in [1.82, 2.24) is 0 Å². The molecule has 0 spiro atoms. The average molecular weight is 132 g/mol.